The lowest BCUT2D eigenvalue weighted by molar-refractivity contribution is -0.144. The Balaban J connectivity index is 1.33. The number of carbonyl (C=O) groups excluding carboxylic acids is 2. The minimum Gasteiger partial charge on any atom is -0.378 e. The Hall–Kier alpha value is -4.82. The Bertz CT molecular complexity index is 1250. The molecule has 0 bridgehead atoms. The molecule has 0 aromatic heterocycles. The number of nitrogens with zero attached hydrogens (tertiary/aromatic N) is 6. The van der Waals surface area contributed by atoms with E-state index < -0.39 is 11.9 Å². The topological polar surface area (TPSA) is 133 Å². The first-order valence-electron chi connectivity index (χ1n) is 14.3. The molecule has 14 heteroatoms. The first-order chi connectivity index (χ1) is 21.3. The molecular weight excluding hydrogens is 568 g/mol. The highest BCUT2D eigenvalue weighted by Gasteiger charge is 2.17. The molecule has 0 atom stereocenters. The number of hydroxylamine groups is 2. The highest BCUT2D eigenvalue weighted by atomic mass is 16.7. The van der Waals surface area contributed by atoms with E-state index in [1.54, 1.807) is 38.0 Å². The van der Waals surface area contributed by atoms with Gasteiger partial charge < -0.3 is 38.7 Å². The summed E-state index contributed by atoms with van der Waals surface area (Å²) >= 11 is 0. The fourth-order valence-corrected chi connectivity index (χ4v) is 4.31. The summed E-state index contributed by atoms with van der Waals surface area (Å²) in [6.07, 6.45) is 1.90. The molecule has 2 aliphatic rings. The van der Waals surface area contributed by atoms with E-state index in [-0.39, 0.29) is 0 Å². The zero-order valence-electron chi connectivity index (χ0n) is 25.6. The van der Waals surface area contributed by atoms with Crippen molar-refractivity contribution < 1.29 is 28.7 Å². The number of morpholine rings is 2. The standard InChI is InChI=1S/C30H40N8O6/c1-35(2)29(31-23-9-5-7-11-25(23)37-15-19-41-20-16-37)33-43-27(39)13-14-28(40)44-34-30(36(3)4)32-24-10-6-8-12-26(24)38-17-21-42-22-18-38/h5-14H,15-22H2,1-4H3,(H,31,33)(H,32,34)/b14-13+. The van der Waals surface area contributed by atoms with E-state index in [0.29, 0.717) is 49.7 Å². The Kier molecular flexibility index (Phi) is 11.8. The summed E-state index contributed by atoms with van der Waals surface area (Å²) in [6.45, 7) is 5.60. The number of carbonyl (C=O) groups is 2. The second kappa shape index (κ2) is 16.1. The number of hydrogen-bond acceptors (Lipinski definition) is 10. The second-order valence-electron chi connectivity index (χ2n) is 10.2. The average molecular weight is 609 g/mol. The van der Waals surface area contributed by atoms with Gasteiger partial charge in [0.1, 0.15) is 0 Å². The van der Waals surface area contributed by atoms with Crippen LogP contribution in [0.4, 0.5) is 22.7 Å². The van der Waals surface area contributed by atoms with Crippen molar-refractivity contribution in [2.24, 2.45) is 9.98 Å². The number of guanidine groups is 2. The molecule has 0 aliphatic carbocycles. The number of nitrogens with one attached hydrogen (secondary N) is 2. The van der Waals surface area contributed by atoms with Gasteiger partial charge in [0.25, 0.3) is 0 Å². The largest absolute Gasteiger partial charge is 0.378 e. The monoisotopic (exact) mass is 608 g/mol. The Morgan fingerprint density at radius 1 is 0.682 bits per heavy atom. The summed E-state index contributed by atoms with van der Waals surface area (Å²) < 4.78 is 10.9. The van der Waals surface area contributed by atoms with E-state index in [9.17, 15) is 9.59 Å². The molecule has 4 rings (SSSR count). The first kappa shape index (κ1) is 32.1. The van der Waals surface area contributed by atoms with E-state index in [0.717, 1.165) is 49.7 Å². The summed E-state index contributed by atoms with van der Waals surface area (Å²) in [7, 11) is 7.05. The molecule has 2 fully saturated rings. The number of hydrogen-bond donors (Lipinski definition) is 2. The van der Waals surface area contributed by atoms with Crippen molar-refractivity contribution in [3.63, 3.8) is 0 Å². The zero-order chi connectivity index (χ0) is 31.3. The Morgan fingerprint density at radius 3 is 1.41 bits per heavy atom. The van der Waals surface area contributed by atoms with E-state index in [1.807, 2.05) is 48.5 Å². The van der Waals surface area contributed by atoms with E-state index in [1.165, 1.54) is 0 Å². The predicted molar refractivity (Wildman–Crippen MR) is 168 cm³/mol. The summed E-state index contributed by atoms with van der Waals surface area (Å²) in [5, 5.41) is 0. The first-order valence-corrected chi connectivity index (χ1v) is 14.3. The second-order valence-corrected chi connectivity index (χ2v) is 10.2. The van der Waals surface area contributed by atoms with Gasteiger partial charge in [0.05, 0.1) is 49.2 Å². The van der Waals surface area contributed by atoms with Gasteiger partial charge in [0.15, 0.2) is 0 Å². The SMILES string of the molecule is CN(C)C(=Nc1ccccc1N1CCOCC1)NOC(=O)/C=C/C(=O)ONC(=Nc1ccccc1N1CCOCC1)N(C)C. The molecular formula is C30H40N8O6. The lowest BCUT2D eigenvalue weighted by atomic mass is 10.2. The van der Waals surface area contributed by atoms with Crippen molar-refractivity contribution in [3.05, 3.63) is 60.7 Å². The van der Waals surface area contributed by atoms with Crippen LogP contribution in [0.15, 0.2) is 70.7 Å². The lowest BCUT2D eigenvalue weighted by Gasteiger charge is -2.30. The zero-order valence-corrected chi connectivity index (χ0v) is 25.6. The fourth-order valence-electron chi connectivity index (χ4n) is 4.31. The molecule has 0 saturated carbocycles. The van der Waals surface area contributed by atoms with Crippen LogP contribution in [0, 0.1) is 0 Å². The van der Waals surface area contributed by atoms with Crippen LogP contribution < -0.4 is 20.8 Å². The molecule has 2 N–H and O–H groups in total. The maximum atomic E-state index is 12.4. The molecule has 2 heterocycles. The lowest BCUT2D eigenvalue weighted by Crippen LogP contribution is -2.38. The minimum atomic E-state index is -0.820. The van der Waals surface area contributed by atoms with Gasteiger partial charge >= 0.3 is 11.9 Å². The quantitative estimate of drug-likeness (QED) is 0.215. The molecule has 0 spiro atoms. The third-order valence-electron chi connectivity index (χ3n) is 6.61. The number of rotatable bonds is 6. The molecule has 0 radical (unpaired) electrons. The maximum absolute atomic E-state index is 12.4. The van der Waals surface area contributed by atoms with E-state index in [2.05, 4.69) is 30.7 Å². The van der Waals surface area contributed by atoms with Gasteiger partial charge in [-0.05, 0) is 24.3 Å². The smallest absolute Gasteiger partial charge is 0.356 e. The highest BCUT2D eigenvalue weighted by molar-refractivity contribution is 5.93. The van der Waals surface area contributed by atoms with Crippen LogP contribution >= 0.6 is 0 Å². The summed E-state index contributed by atoms with van der Waals surface area (Å²) in [5.74, 6) is -1.06. The van der Waals surface area contributed by atoms with Crippen LogP contribution in [0.1, 0.15) is 0 Å². The van der Waals surface area contributed by atoms with Crippen molar-refractivity contribution >= 4 is 46.6 Å². The number of aliphatic imine (C=N–C) groups is 2. The third-order valence-corrected chi connectivity index (χ3v) is 6.61. The number of ether oxygens (including phenoxy) is 2. The van der Waals surface area contributed by atoms with Crippen molar-refractivity contribution in [1.82, 2.24) is 20.8 Å². The van der Waals surface area contributed by atoms with E-state index in [4.69, 9.17) is 19.1 Å². The molecule has 2 aromatic carbocycles. The van der Waals surface area contributed by atoms with Crippen molar-refractivity contribution in [3.8, 4) is 0 Å². The highest BCUT2D eigenvalue weighted by Crippen LogP contribution is 2.30. The van der Waals surface area contributed by atoms with Gasteiger partial charge in [0.2, 0.25) is 11.9 Å². The van der Waals surface area contributed by atoms with Crippen molar-refractivity contribution in [2.45, 2.75) is 0 Å². The molecule has 236 valence electrons. The summed E-state index contributed by atoms with van der Waals surface area (Å²) in [5.41, 5.74) is 8.45. The Morgan fingerprint density at radius 2 is 1.05 bits per heavy atom. The average Bonchev–Trinajstić information content (AvgIpc) is 3.04. The van der Waals surface area contributed by atoms with Crippen LogP contribution in [0.2, 0.25) is 0 Å². The summed E-state index contributed by atoms with van der Waals surface area (Å²) in [6, 6.07) is 15.4. The number of para-hydroxylation sites is 4. The van der Waals surface area contributed by atoms with Gasteiger partial charge in [-0.3, -0.25) is 0 Å². The number of benzene rings is 2. The van der Waals surface area contributed by atoms with Crippen LogP contribution in [0.25, 0.3) is 0 Å². The number of anilines is 2. The molecule has 44 heavy (non-hydrogen) atoms. The van der Waals surface area contributed by atoms with Gasteiger partial charge in [-0.2, -0.15) is 11.0 Å². The fraction of sp³-hybridized carbons (Fsp3) is 0.400. The van der Waals surface area contributed by atoms with Gasteiger partial charge in [-0.15, -0.1) is 0 Å². The van der Waals surface area contributed by atoms with Crippen LogP contribution in [-0.2, 0) is 28.7 Å². The molecule has 2 saturated heterocycles. The van der Waals surface area contributed by atoms with Crippen molar-refractivity contribution in [1.29, 1.82) is 0 Å². The van der Waals surface area contributed by atoms with Gasteiger partial charge in [-0.1, -0.05) is 24.3 Å². The van der Waals surface area contributed by atoms with Crippen molar-refractivity contribution in [2.75, 3.05) is 90.6 Å². The summed E-state index contributed by atoms with van der Waals surface area (Å²) in [4.78, 5) is 52.1. The molecule has 2 aliphatic heterocycles. The molecule has 14 nitrogen and oxygen atoms in total. The molecule has 0 unspecified atom stereocenters. The minimum absolute atomic E-state index is 0.292. The van der Waals surface area contributed by atoms with Gasteiger partial charge in [-0.25, -0.2) is 19.6 Å². The molecule has 2 aromatic rings. The normalized spacial score (nSPS) is 16.0. The van der Waals surface area contributed by atoms with Crippen LogP contribution in [0.5, 0.6) is 0 Å². The van der Waals surface area contributed by atoms with E-state index >= 15 is 0 Å². The third kappa shape index (κ3) is 9.34. The van der Waals surface area contributed by atoms with Crippen LogP contribution in [0.3, 0.4) is 0 Å². The Labute approximate surface area is 257 Å². The van der Waals surface area contributed by atoms with Crippen LogP contribution in [-0.4, -0.2) is 114 Å². The van der Waals surface area contributed by atoms with Gasteiger partial charge in [0, 0.05) is 66.5 Å². The maximum Gasteiger partial charge on any atom is 0.356 e. The predicted octanol–water partition coefficient (Wildman–Crippen LogP) is 1.81. The molecule has 0 amide bonds.